The highest BCUT2D eigenvalue weighted by Gasteiger charge is 2.31. The Kier molecular flexibility index (Phi) is 4.77. The molecule has 7 heteroatoms. The quantitative estimate of drug-likeness (QED) is 0.886. The molecule has 1 aromatic carbocycles. The molecule has 1 fully saturated rings. The third-order valence-electron chi connectivity index (χ3n) is 3.42. The molecule has 1 unspecified atom stereocenters. The van der Waals surface area contributed by atoms with Gasteiger partial charge in [-0.2, -0.15) is 13.2 Å². The summed E-state index contributed by atoms with van der Waals surface area (Å²) in [5, 5.41) is 3.15. The Bertz CT molecular complexity index is 550. The topological polar surface area (TPSA) is 41.6 Å². The number of carbonyl (C=O) groups is 1. The Morgan fingerprint density at radius 3 is 2.35 bits per heavy atom. The van der Waals surface area contributed by atoms with Crippen molar-refractivity contribution in [1.82, 2.24) is 4.90 Å². The summed E-state index contributed by atoms with van der Waals surface area (Å²) in [6, 6.07) is 4.89. The van der Waals surface area contributed by atoms with Crippen LogP contribution in [0.4, 0.5) is 23.7 Å². The summed E-state index contributed by atoms with van der Waals surface area (Å²) < 4.78 is 42.9. The van der Waals surface area contributed by atoms with Gasteiger partial charge in [0.1, 0.15) is 5.60 Å². The zero-order chi connectivity index (χ0) is 17.3. The number of benzene rings is 1. The maximum atomic E-state index is 12.5. The number of hydrogen-bond donors (Lipinski definition) is 1. The van der Waals surface area contributed by atoms with Crippen LogP contribution in [0.15, 0.2) is 24.3 Å². The molecule has 0 aromatic heterocycles. The van der Waals surface area contributed by atoms with E-state index in [1.54, 1.807) is 25.7 Å². The molecule has 1 N–H and O–H groups in total. The third-order valence-corrected chi connectivity index (χ3v) is 3.42. The highest BCUT2D eigenvalue weighted by atomic mass is 19.4. The predicted octanol–water partition coefficient (Wildman–Crippen LogP) is 4.13. The van der Waals surface area contributed by atoms with E-state index in [0.29, 0.717) is 18.8 Å². The number of likely N-dealkylation sites (tertiary alicyclic amines) is 1. The van der Waals surface area contributed by atoms with Crippen LogP contribution in [0.1, 0.15) is 32.8 Å². The smallest absolute Gasteiger partial charge is 0.416 e. The van der Waals surface area contributed by atoms with Crippen molar-refractivity contribution >= 4 is 11.8 Å². The van der Waals surface area contributed by atoms with Gasteiger partial charge in [-0.05, 0) is 51.5 Å². The second-order valence-electron chi connectivity index (χ2n) is 6.63. The van der Waals surface area contributed by atoms with Crippen molar-refractivity contribution < 1.29 is 22.7 Å². The van der Waals surface area contributed by atoms with Crippen LogP contribution in [0.5, 0.6) is 0 Å². The van der Waals surface area contributed by atoms with Gasteiger partial charge < -0.3 is 15.0 Å². The standard InChI is InChI=1S/C16H21F3N2O2/c1-15(2,3)23-14(22)21-9-8-13(10-21)20-12-6-4-11(5-7-12)16(17,18)19/h4-7,13,20H,8-10H2,1-3H3. The number of rotatable bonds is 2. The molecule has 0 aliphatic carbocycles. The van der Waals surface area contributed by atoms with Crippen molar-refractivity contribution in [2.45, 2.75) is 45.0 Å². The molecule has 128 valence electrons. The lowest BCUT2D eigenvalue weighted by Gasteiger charge is -2.24. The average molecular weight is 330 g/mol. The molecule has 1 amide bonds. The van der Waals surface area contributed by atoms with E-state index in [-0.39, 0.29) is 12.1 Å². The van der Waals surface area contributed by atoms with Crippen LogP contribution in [0.2, 0.25) is 0 Å². The number of alkyl halides is 3. The van der Waals surface area contributed by atoms with E-state index in [0.717, 1.165) is 18.6 Å². The van der Waals surface area contributed by atoms with Crippen molar-refractivity contribution in [3.63, 3.8) is 0 Å². The highest BCUT2D eigenvalue weighted by molar-refractivity contribution is 5.68. The molecule has 4 nitrogen and oxygen atoms in total. The van der Waals surface area contributed by atoms with E-state index >= 15 is 0 Å². The van der Waals surface area contributed by atoms with Gasteiger partial charge in [-0.3, -0.25) is 0 Å². The van der Waals surface area contributed by atoms with Crippen LogP contribution in [-0.4, -0.2) is 35.7 Å². The second kappa shape index (κ2) is 6.29. The van der Waals surface area contributed by atoms with E-state index in [1.165, 1.54) is 12.1 Å². The van der Waals surface area contributed by atoms with Gasteiger partial charge in [0.05, 0.1) is 5.56 Å². The number of nitrogens with one attached hydrogen (secondary N) is 1. The molecular formula is C16H21F3N2O2. The maximum Gasteiger partial charge on any atom is 0.416 e. The van der Waals surface area contributed by atoms with Gasteiger partial charge in [0.25, 0.3) is 0 Å². The summed E-state index contributed by atoms with van der Waals surface area (Å²) in [4.78, 5) is 13.6. The van der Waals surface area contributed by atoms with Crippen LogP contribution in [-0.2, 0) is 10.9 Å². The molecule has 1 aliphatic heterocycles. The van der Waals surface area contributed by atoms with Gasteiger partial charge in [0, 0.05) is 24.8 Å². The molecule has 1 saturated heterocycles. The minimum Gasteiger partial charge on any atom is -0.444 e. The Balaban J connectivity index is 1.89. The fourth-order valence-electron chi connectivity index (χ4n) is 2.36. The molecule has 0 saturated carbocycles. The minimum absolute atomic E-state index is 0.000690. The lowest BCUT2D eigenvalue weighted by molar-refractivity contribution is -0.137. The largest absolute Gasteiger partial charge is 0.444 e. The van der Waals surface area contributed by atoms with E-state index in [2.05, 4.69) is 5.32 Å². The summed E-state index contributed by atoms with van der Waals surface area (Å²) in [5.74, 6) is 0. The molecule has 1 aromatic rings. The number of carbonyl (C=O) groups excluding carboxylic acids is 1. The fraction of sp³-hybridized carbons (Fsp3) is 0.562. The Morgan fingerprint density at radius 2 is 1.83 bits per heavy atom. The first-order valence-corrected chi connectivity index (χ1v) is 7.46. The summed E-state index contributed by atoms with van der Waals surface area (Å²) in [6.07, 6.45) is -3.98. The van der Waals surface area contributed by atoms with Gasteiger partial charge in [-0.15, -0.1) is 0 Å². The van der Waals surface area contributed by atoms with Crippen LogP contribution >= 0.6 is 0 Å². The number of ether oxygens (including phenoxy) is 1. The molecule has 2 rings (SSSR count). The van der Waals surface area contributed by atoms with Gasteiger partial charge in [0.2, 0.25) is 0 Å². The van der Waals surface area contributed by atoms with E-state index < -0.39 is 17.3 Å². The number of hydrogen-bond acceptors (Lipinski definition) is 3. The van der Waals surface area contributed by atoms with Crippen molar-refractivity contribution in [1.29, 1.82) is 0 Å². The molecule has 0 radical (unpaired) electrons. The lowest BCUT2D eigenvalue weighted by atomic mass is 10.2. The second-order valence-corrected chi connectivity index (χ2v) is 6.63. The van der Waals surface area contributed by atoms with Crippen LogP contribution in [0.3, 0.4) is 0 Å². The molecule has 0 bridgehead atoms. The summed E-state index contributed by atoms with van der Waals surface area (Å²) in [5.41, 5.74) is -0.616. The number of nitrogens with zero attached hydrogens (tertiary/aromatic N) is 1. The predicted molar refractivity (Wildman–Crippen MR) is 81.3 cm³/mol. The average Bonchev–Trinajstić information content (AvgIpc) is 2.85. The zero-order valence-corrected chi connectivity index (χ0v) is 13.4. The minimum atomic E-state index is -4.33. The van der Waals surface area contributed by atoms with Crippen LogP contribution < -0.4 is 5.32 Å². The van der Waals surface area contributed by atoms with Crippen LogP contribution in [0, 0.1) is 0 Å². The normalized spacial score (nSPS) is 18.9. The number of amides is 1. The first-order chi connectivity index (χ1) is 10.5. The van der Waals surface area contributed by atoms with Gasteiger partial charge >= 0.3 is 12.3 Å². The monoisotopic (exact) mass is 330 g/mol. The zero-order valence-electron chi connectivity index (χ0n) is 13.4. The maximum absolute atomic E-state index is 12.5. The SMILES string of the molecule is CC(C)(C)OC(=O)N1CCC(Nc2ccc(C(F)(F)F)cc2)C1. The lowest BCUT2D eigenvalue weighted by Crippen LogP contribution is -2.36. The van der Waals surface area contributed by atoms with Crippen LogP contribution in [0.25, 0.3) is 0 Å². The molecule has 1 aliphatic rings. The van der Waals surface area contributed by atoms with Gasteiger partial charge in [-0.1, -0.05) is 0 Å². The van der Waals surface area contributed by atoms with Crippen molar-refractivity contribution in [2.24, 2.45) is 0 Å². The van der Waals surface area contributed by atoms with Crippen molar-refractivity contribution in [3.05, 3.63) is 29.8 Å². The fourth-order valence-corrected chi connectivity index (χ4v) is 2.36. The Morgan fingerprint density at radius 1 is 1.22 bits per heavy atom. The number of anilines is 1. The summed E-state index contributed by atoms with van der Waals surface area (Å²) >= 11 is 0. The molecule has 1 heterocycles. The summed E-state index contributed by atoms with van der Waals surface area (Å²) in [7, 11) is 0. The molecule has 1 atom stereocenters. The van der Waals surface area contributed by atoms with E-state index in [9.17, 15) is 18.0 Å². The van der Waals surface area contributed by atoms with Crippen molar-refractivity contribution in [3.8, 4) is 0 Å². The first-order valence-electron chi connectivity index (χ1n) is 7.46. The Hall–Kier alpha value is -1.92. The Labute approximate surface area is 133 Å². The van der Waals surface area contributed by atoms with Crippen molar-refractivity contribution in [2.75, 3.05) is 18.4 Å². The molecule has 0 spiro atoms. The molecular weight excluding hydrogens is 309 g/mol. The molecule has 23 heavy (non-hydrogen) atoms. The van der Waals surface area contributed by atoms with Gasteiger partial charge in [0.15, 0.2) is 0 Å². The van der Waals surface area contributed by atoms with Gasteiger partial charge in [-0.25, -0.2) is 4.79 Å². The van der Waals surface area contributed by atoms with E-state index in [4.69, 9.17) is 4.74 Å². The number of halogens is 3. The van der Waals surface area contributed by atoms with E-state index in [1.807, 2.05) is 0 Å². The summed E-state index contributed by atoms with van der Waals surface area (Å²) in [6.45, 7) is 6.44. The first kappa shape index (κ1) is 17.4. The third kappa shape index (κ3) is 5.04. The highest BCUT2D eigenvalue weighted by Crippen LogP contribution is 2.30.